The summed E-state index contributed by atoms with van der Waals surface area (Å²) >= 11 is 0. The topological polar surface area (TPSA) is 26.0 Å². The molecule has 1 aromatic carbocycles. The molecule has 0 aromatic heterocycles. The van der Waals surface area contributed by atoms with Gasteiger partial charge in [0.2, 0.25) is 0 Å². The van der Waals surface area contributed by atoms with Crippen LogP contribution in [0.3, 0.4) is 0 Å². The van der Waals surface area contributed by atoms with Crippen LogP contribution >= 0.6 is 0 Å². The Morgan fingerprint density at radius 2 is 1.60 bits per heavy atom. The van der Waals surface area contributed by atoms with E-state index in [0.29, 0.717) is 18.9 Å². The van der Waals surface area contributed by atoms with Crippen LogP contribution in [-0.4, -0.2) is 0 Å². The molecule has 0 saturated heterocycles. The highest BCUT2D eigenvalue weighted by Crippen LogP contribution is 2.43. The molecule has 0 heterocycles. The molecule has 7 heteroatoms. The van der Waals surface area contributed by atoms with Crippen LogP contribution in [0.5, 0.6) is 0 Å². The fourth-order valence-electron chi connectivity index (χ4n) is 2.32. The Labute approximate surface area is 111 Å². The van der Waals surface area contributed by atoms with Crippen molar-refractivity contribution >= 4 is 0 Å². The average molecular weight is 297 g/mol. The van der Waals surface area contributed by atoms with E-state index in [4.69, 9.17) is 5.73 Å². The monoisotopic (exact) mass is 297 g/mol. The maximum Gasteiger partial charge on any atom is 0.416 e. The van der Waals surface area contributed by atoms with Crippen molar-refractivity contribution < 1.29 is 26.3 Å². The Morgan fingerprint density at radius 1 is 1.00 bits per heavy atom. The predicted molar refractivity (Wildman–Crippen MR) is 60.7 cm³/mol. The molecule has 0 spiro atoms. The molecule has 1 aromatic rings. The summed E-state index contributed by atoms with van der Waals surface area (Å²) < 4.78 is 76.4. The van der Waals surface area contributed by atoms with Gasteiger partial charge in [-0.3, -0.25) is 0 Å². The van der Waals surface area contributed by atoms with Crippen LogP contribution in [0, 0.1) is 5.92 Å². The third-order valence-corrected chi connectivity index (χ3v) is 3.70. The molecule has 1 nitrogen and oxygen atoms in total. The fourth-order valence-corrected chi connectivity index (χ4v) is 2.32. The first-order chi connectivity index (χ1) is 9.10. The van der Waals surface area contributed by atoms with Gasteiger partial charge in [-0.25, -0.2) is 0 Å². The molecule has 1 atom stereocenters. The number of nitrogens with two attached hydrogens (primary N) is 1. The summed E-state index contributed by atoms with van der Waals surface area (Å²) in [5.74, 6) is -0.0900. The van der Waals surface area contributed by atoms with Crippen LogP contribution in [0.25, 0.3) is 0 Å². The van der Waals surface area contributed by atoms with Gasteiger partial charge in [0.1, 0.15) is 0 Å². The number of rotatable bonds is 2. The Kier molecular flexibility index (Phi) is 3.75. The lowest BCUT2D eigenvalue weighted by Gasteiger charge is -2.33. The molecule has 0 bridgehead atoms. The molecular formula is C13H13F6N. The van der Waals surface area contributed by atoms with Gasteiger partial charge in [-0.05, 0) is 36.5 Å². The second-order valence-corrected chi connectivity index (χ2v) is 5.01. The number of halogens is 6. The second-order valence-electron chi connectivity index (χ2n) is 5.01. The van der Waals surface area contributed by atoms with Crippen LogP contribution in [0.1, 0.15) is 42.0 Å². The van der Waals surface area contributed by atoms with Crippen LogP contribution in [0.4, 0.5) is 26.3 Å². The van der Waals surface area contributed by atoms with Gasteiger partial charge in [-0.2, -0.15) is 26.3 Å². The first-order valence-corrected chi connectivity index (χ1v) is 6.14. The normalized spacial score (nSPS) is 18.8. The van der Waals surface area contributed by atoms with Crippen LogP contribution < -0.4 is 5.73 Å². The molecule has 1 aliphatic carbocycles. The molecule has 0 unspecified atom stereocenters. The first-order valence-electron chi connectivity index (χ1n) is 6.14. The summed E-state index contributed by atoms with van der Waals surface area (Å²) in [4.78, 5) is 0. The summed E-state index contributed by atoms with van der Waals surface area (Å²) in [7, 11) is 0. The number of hydrogen-bond acceptors (Lipinski definition) is 1. The number of alkyl halides is 6. The van der Waals surface area contributed by atoms with Gasteiger partial charge in [-0.1, -0.05) is 12.5 Å². The van der Waals surface area contributed by atoms with Crippen molar-refractivity contribution in [3.63, 3.8) is 0 Å². The maximum atomic E-state index is 12.9. The molecule has 2 rings (SSSR count). The minimum atomic E-state index is -4.85. The van der Waals surface area contributed by atoms with Crippen molar-refractivity contribution in [2.24, 2.45) is 11.7 Å². The maximum absolute atomic E-state index is 12.9. The molecule has 1 aliphatic rings. The molecule has 112 valence electrons. The number of hydrogen-bond donors (Lipinski definition) is 1. The van der Waals surface area contributed by atoms with Gasteiger partial charge >= 0.3 is 12.4 Å². The van der Waals surface area contributed by atoms with E-state index < -0.39 is 29.5 Å². The van der Waals surface area contributed by atoms with Crippen LogP contribution in [0.2, 0.25) is 0 Å². The summed E-state index contributed by atoms with van der Waals surface area (Å²) in [6.07, 6.45) is -7.35. The number of benzene rings is 1. The van der Waals surface area contributed by atoms with Crippen LogP contribution in [0.15, 0.2) is 18.2 Å². The molecule has 0 radical (unpaired) electrons. The Hall–Kier alpha value is -1.24. The third kappa shape index (κ3) is 2.92. The van der Waals surface area contributed by atoms with Crippen molar-refractivity contribution in [2.45, 2.75) is 37.7 Å². The van der Waals surface area contributed by atoms with Gasteiger partial charge < -0.3 is 5.73 Å². The van der Waals surface area contributed by atoms with Gasteiger partial charge in [0.05, 0.1) is 11.1 Å². The van der Waals surface area contributed by atoms with E-state index in [1.54, 1.807) is 0 Å². The van der Waals surface area contributed by atoms with E-state index in [9.17, 15) is 26.3 Å². The van der Waals surface area contributed by atoms with E-state index in [-0.39, 0.29) is 17.5 Å². The van der Waals surface area contributed by atoms with Crippen molar-refractivity contribution in [1.82, 2.24) is 0 Å². The zero-order valence-electron chi connectivity index (χ0n) is 10.4. The zero-order chi connectivity index (χ0) is 15.1. The van der Waals surface area contributed by atoms with Gasteiger partial charge in [0.15, 0.2) is 0 Å². The highest BCUT2D eigenvalue weighted by atomic mass is 19.4. The van der Waals surface area contributed by atoms with E-state index in [0.717, 1.165) is 12.5 Å². The minimum absolute atomic E-state index is 0.0900. The molecule has 2 N–H and O–H groups in total. The summed E-state index contributed by atoms with van der Waals surface area (Å²) in [5.41, 5.74) is 2.93. The summed E-state index contributed by atoms with van der Waals surface area (Å²) in [6, 6.07) is 0.786. The highest BCUT2D eigenvalue weighted by Gasteiger charge is 2.40. The van der Waals surface area contributed by atoms with E-state index >= 15 is 0 Å². The van der Waals surface area contributed by atoms with Gasteiger partial charge in [-0.15, -0.1) is 0 Å². The zero-order valence-corrected chi connectivity index (χ0v) is 10.4. The third-order valence-electron chi connectivity index (χ3n) is 3.70. The lowest BCUT2D eigenvalue weighted by molar-refractivity contribution is -0.143. The SMILES string of the molecule is N[C@H](c1ccc(C(F)(F)F)cc1C(F)(F)F)C1CCC1. The highest BCUT2D eigenvalue weighted by molar-refractivity contribution is 5.38. The second kappa shape index (κ2) is 4.95. The van der Waals surface area contributed by atoms with Crippen LogP contribution in [-0.2, 0) is 12.4 Å². The largest absolute Gasteiger partial charge is 0.416 e. The Balaban J connectivity index is 2.45. The molecule has 20 heavy (non-hydrogen) atoms. The fraction of sp³-hybridized carbons (Fsp3) is 0.538. The predicted octanol–water partition coefficient (Wildman–Crippen LogP) is 4.52. The van der Waals surface area contributed by atoms with E-state index in [2.05, 4.69) is 0 Å². The lowest BCUT2D eigenvalue weighted by atomic mass is 9.76. The summed E-state index contributed by atoms with van der Waals surface area (Å²) in [6.45, 7) is 0. The molecule has 1 saturated carbocycles. The lowest BCUT2D eigenvalue weighted by Crippen LogP contribution is -2.29. The van der Waals surface area contributed by atoms with Crippen molar-refractivity contribution in [2.75, 3.05) is 0 Å². The molecule has 0 amide bonds. The molecular weight excluding hydrogens is 284 g/mol. The van der Waals surface area contributed by atoms with E-state index in [1.807, 2.05) is 0 Å². The van der Waals surface area contributed by atoms with Crippen molar-refractivity contribution in [3.05, 3.63) is 34.9 Å². The van der Waals surface area contributed by atoms with E-state index in [1.165, 1.54) is 0 Å². The smallest absolute Gasteiger partial charge is 0.324 e. The first kappa shape index (κ1) is 15.2. The Bertz CT molecular complexity index is 487. The molecule has 0 aliphatic heterocycles. The average Bonchev–Trinajstić information content (AvgIpc) is 2.23. The standard InChI is InChI=1S/C13H13F6N/c14-12(15,16)8-4-5-9(10(6-8)13(17,18)19)11(20)7-2-1-3-7/h4-7,11H,1-3,20H2/t11-/m0/s1. The van der Waals surface area contributed by atoms with Crippen molar-refractivity contribution in [3.8, 4) is 0 Å². The Morgan fingerprint density at radius 3 is 2.00 bits per heavy atom. The summed E-state index contributed by atoms with van der Waals surface area (Å²) in [5, 5.41) is 0. The molecule has 1 fully saturated rings. The quantitative estimate of drug-likeness (QED) is 0.798. The van der Waals surface area contributed by atoms with Gasteiger partial charge in [0, 0.05) is 6.04 Å². The van der Waals surface area contributed by atoms with Crippen molar-refractivity contribution in [1.29, 1.82) is 0 Å². The minimum Gasteiger partial charge on any atom is -0.324 e. The van der Waals surface area contributed by atoms with Gasteiger partial charge in [0.25, 0.3) is 0 Å².